The van der Waals surface area contributed by atoms with E-state index in [9.17, 15) is 18.0 Å². The molecule has 6 heteroatoms. The van der Waals surface area contributed by atoms with Crippen molar-refractivity contribution in [2.75, 3.05) is 26.2 Å². The topological polar surface area (TPSA) is 23.6 Å². The zero-order chi connectivity index (χ0) is 19.4. The van der Waals surface area contributed by atoms with Gasteiger partial charge in [0.2, 0.25) is 5.91 Å². The van der Waals surface area contributed by atoms with E-state index in [4.69, 9.17) is 0 Å². The van der Waals surface area contributed by atoms with E-state index >= 15 is 0 Å². The van der Waals surface area contributed by atoms with E-state index in [1.165, 1.54) is 31.4 Å². The lowest BCUT2D eigenvalue weighted by molar-refractivity contribution is -0.137. The molecule has 1 atom stereocenters. The molecule has 0 saturated carbocycles. The Balaban J connectivity index is 1.65. The van der Waals surface area contributed by atoms with E-state index in [0.717, 1.165) is 51.2 Å². The molecule has 1 amide bonds. The Hall–Kier alpha value is -1.82. The molecule has 0 radical (unpaired) electrons. The lowest BCUT2D eigenvalue weighted by atomic mass is 10.0. The number of rotatable bonds is 4. The molecule has 0 N–H and O–H groups in total. The first-order chi connectivity index (χ1) is 12.8. The number of alkyl halides is 3. The van der Waals surface area contributed by atoms with E-state index in [1.807, 2.05) is 4.90 Å². The Morgan fingerprint density at radius 1 is 1.07 bits per heavy atom. The Morgan fingerprint density at radius 3 is 2.37 bits per heavy atom. The summed E-state index contributed by atoms with van der Waals surface area (Å²) >= 11 is 0. The summed E-state index contributed by atoms with van der Waals surface area (Å²) in [4.78, 5) is 17.1. The van der Waals surface area contributed by atoms with Crippen LogP contribution in [-0.2, 0) is 11.0 Å². The maximum atomic E-state index is 12.8. The van der Waals surface area contributed by atoms with Crippen LogP contribution in [-0.4, -0.2) is 47.9 Å². The molecule has 3 rings (SSSR count). The van der Waals surface area contributed by atoms with Crippen LogP contribution in [0.5, 0.6) is 0 Å². The summed E-state index contributed by atoms with van der Waals surface area (Å²) in [6.45, 7) is 5.68. The van der Waals surface area contributed by atoms with Gasteiger partial charge in [0, 0.05) is 25.2 Å². The van der Waals surface area contributed by atoms with Crippen molar-refractivity contribution in [1.29, 1.82) is 0 Å². The lowest BCUT2D eigenvalue weighted by Crippen LogP contribution is -2.44. The summed E-state index contributed by atoms with van der Waals surface area (Å²) in [5.41, 5.74) is 0.659. The molecule has 3 nitrogen and oxygen atoms in total. The molecule has 2 aliphatic heterocycles. The second kappa shape index (κ2) is 8.46. The van der Waals surface area contributed by atoms with Gasteiger partial charge in [-0.05, 0) is 69.0 Å². The quantitative estimate of drug-likeness (QED) is 0.714. The largest absolute Gasteiger partial charge is 0.416 e. The van der Waals surface area contributed by atoms with Crippen LogP contribution >= 0.6 is 0 Å². The Labute approximate surface area is 158 Å². The van der Waals surface area contributed by atoms with E-state index in [2.05, 4.69) is 4.90 Å². The predicted molar refractivity (Wildman–Crippen MR) is 100 cm³/mol. The fourth-order valence-electron chi connectivity index (χ4n) is 4.03. The molecule has 2 aliphatic rings. The van der Waals surface area contributed by atoms with Crippen molar-refractivity contribution in [3.8, 4) is 0 Å². The van der Waals surface area contributed by atoms with Gasteiger partial charge in [-0.2, -0.15) is 13.2 Å². The number of likely N-dealkylation sites (tertiary alicyclic amines) is 2. The second-order valence-electron chi connectivity index (χ2n) is 7.59. The Morgan fingerprint density at radius 2 is 1.74 bits per heavy atom. The summed E-state index contributed by atoms with van der Waals surface area (Å²) < 4.78 is 38.1. The summed E-state index contributed by atoms with van der Waals surface area (Å²) in [5.74, 6) is -0.0353. The number of piperidine rings is 1. The minimum absolute atomic E-state index is 0.0353. The van der Waals surface area contributed by atoms with Gasteiger partial charge in [-0.25, -0.2) is 0 Å². The van der Waals surface area contributed by atoms with E-state index < -0.39 is 11.7 Å². The molecular weight excluding hydrogens is 353 g/mol. The van der Waals surface area contributed by atoms with Crippen LogP contribution in [0, 0.1) is 0 Å². The van der Waals surface area contributed by atoms with Gasteiger partial charge in [-0.15, -0.1) is 0 Å². The molecule has 0 bridgehead atoms. The number of allylic oxidation sites excluding steroid dienone is 1. The maximum Gasteiger partial charge on any atom is 0.416 e. The monoisotopic (exact) mass is 380 g/mol. The van der Waals surface area contributed by atoms with E-state index in [-0.39, 0.29) is 11.9 Å². The molecule has 0 aliphatic carbocycles. The third-order valence-electron chi connectivity index (χ3n) is 5.59. The third-order valence-corrected chi connectivity index (χ3v) is 5.59. The average molecular weight is 380 g/mol. The first kappa shape index (κ1) is 19.9. The SMILES string of the molecule is C/C(=C/C(=O)N1CCCC1CN1CCCCC1)c1ccc(C(F)(F)F)cc1. The minimum atomic E-state index is -4.34. The number of halogens is 3. The Bertz CT molecular complexity index is 676. The van der Waals surface area contributed by atoms with Crippen molar-refractivity contribution >= 4 is 11.5 Å². The van der Waals surface area contributed by atoms with Gasteiger partial charge in [0.1, 0.15) is 0 Å². The van der Waals surface area contributed by atoms with Crippen molar-refractivity contribution in [2.24, 2.45) is 0 Å². The number of hydrogen-bond acceptors (Lipinski definition) is 2. The van der Waals surface area contributed by atoms with Crippen LogP contribution in [0.4, 0.5) is 13.2 Å². The summed E-state index contributed by atoms with van der Waals surface area (Å²) in [6, 6.07) is 5.22. The van der Waals surface area contributed by atoms with Gasteiger partial charge in [-0.1, -0.05) is 18.6 Å². The first-order valence-electron chi connectivity index (χ1n) is 9.73. The fourth-order valence-corrected chi connectivity index (χ4v) is 4.03. The summed E-state index contributed by atoms with van der Waals surface area (Å²) in [7, 11) is 0. The number of amides is 1. The number of benzene rings is 1. The second-order valence-corrected chi connectivity index (χ2v) is 7.59. The van der Waals surface area contributed by atoms with Crippen molar-refractivity contribution in [1.82, 2.24) is 9.80 Å². The molecule has 1 unspecified atom stereocenters. The van der Waals surface area contributed by atoms with Crippen LogP contribution < -0.4 is 0 Å². The number of hydrogen-bond donors (Lipinski definition) is 0. The van der Waals surface area contributed by atoms with Crippen molar-refractivity contribution < 1.29 is 18.0 Å². The highest BCUT2D eigenvalue weighted by atomic mass is 19.4. The van der Waals surface area contributed by atoms with Crippen LogP contribution in [0.15, 0.2) is 30.3 Å². The number of nitrogens with zero attached hydrogens (tertiary/aromatic N) is 2. The van der Waals surface area contributed by atoms with Crippen LogP contribution in [0.1, 0.15) is 50.2 Å². The smallest absolute Gasteiger partial charge is 0.335 e. The molecule has 1 aromatic rings. The standard InChI is InChI=1S/C21H27F3N2O/c1-16(17-7-9-18(10-8-17)21(22,23)24)14-20(27)26-13-5-6-19(26)15-25-11-3-2-4-12-25/h7-10,14,19H,2-6,11-13,15H2,1H3/b16-14-. The lowest BCUT2D eigenvalue weighted by Gasteiger charge is -2.32. The molecule has 0 aromatic heterocycles. The highest BCUT2D eigenvalue weighted by molar-refractivity contribution is 5.95. The van der Waals surface area contributed by atoms with Crippen molar-refractivity contribution in [2.45, 2.75) is 51.2 Å². The molecule has 1 aromatic carbocycles. The van der Waals surface area contributed by atoms with Crippen LogP contribution in [0.25, 0.3) is 5.57 Å². The van der Waals surface area contributed by atoms with E-state index in [0.29, 0.717) is 11.1 Å². The Kier molecular flexibility index (Phi) is 6.25. The van der Waals surface area contributed by atoms with E-state index in [1.54, 1.807) is 13.0 Å². The van der Waals surface area contributed by atoms with Gasteiger partial charge >= 0.3 is 6.18 Å². The van der Waals surface area contributed by atoms with Crippen molar-refractivity contribution in [3.05, 3.63) is 41.5 Å². The molecule has 2 fully saturated rings. The zero-order valence-corrected chi connectivity index (χ0v) is 15.8. The van der Waals surface area contributed by atoms with Crippen molar-refractivity contribution in [3.63, 3.8) is 0 Å². The predicted octanol–water partition coefficient (Wildman–Crippen LogP) is 4.59. The number of carbonyl (C=O) groups is 1. The molecule has 2 heterocycles. The molecule has 0 spiro atoms. The third kappa shape index (κ3) is 5.12. The van der Waals surface area contributed by atoms with Gasteiger partial charge in [0.15, 0.2) is 0 Å². The first-order valence-corrected chi connectivity index (χ1v) is 9.73. The van der Waals surface area contributed by atoms with Gasteiger partial charge < -0.3 is 9.80 Å². The van der Waals surface area contributed by atoms with Gasteiger partial charge in [-0.3, -0.25) is 4.79 Å². The summed E-state index contributed by atoms with van der Waals surface area (Å²) in [6.07, 6.45) is 3.01. The van der Waals surface area contributed by atoms with Gasteiger partial charge in [0.05, 0.1) is 5.56 Å². The highest BCUT2D eigenvalue weighted by Crippen LogP contribution is 2.30. The molecule has 2 saturated heterocycles. The molecular formula is C21H27F3N2O. The highest BCUT2D eigenvalue weighted by Gasteiger charge is 2.31. The zero-order valence-electron chi connectivity index (χ0n) is 15.8. The maximum absolute atomic E-state index is 12.8. The summed E-state index contributed by atoms with van der Waals surface area (Å²) in [5, 5.41) is 0. The molecule has 27 heavy (non-hydrogen) atoms. The fraction of sp³-hybridized carbons (Fsp3) is 0.571. The normalized spacial score (nSPS) is 22.3. The van der Waals surface area contributed by atoms with Gasteiger partial charge in [0.25, 0.3) is 0 Å². The minimum Gasteiger partial charge on any atom is -0.335 e. The van der Waals surface area contributed by atoms with Crippen LogP contribution in [0.3, 0.4) is 0 Å². The molecule has 148 valence electrons. The van der Waals surface area contributed by atoms with Crippen LogP contribution in [0.2, 0.25) is 0 Å². The number of carbonyl (C=O) groups excluding carboxylic acids is 1. The average Bonchev–Trinajstić information content (AvgIpc) is 3.10.